The smallest absolute Gasteiger partial charge is 0.346 e. The van der Waals surface area contributed by atoms with Crippen LogP contribution in [0.25, 0.3) is 11.1 Å². The fourth-order valence-electron chi connectivity index (χ4n) is 3.41. The topological polar surface area (TPSA) is 66.4 Å². The predicted molar refractivity (Wildman–Crippen MR) is 103 cm³/mol. The van der Waals surface area contributed by atoms with Gasteiger partial charge in [-0.2, -0.15) is 0 Å². The van der Waals surface area contributed by atoms with E-state index in [0.29, 0.717) is 21.0 Å². The summed E-state index contributed by atoms with van der Waals surface area (Å²) >= 11 is 6.82. The number of carboxylic acids is 1. The Morgan fingerprint density at radius 1 is 1.14 bits per heavy atom. The van der Waals surface area contributed by atoms with Gasteiger partial charge in [0, 0.05) is 33.4 Å². The Morgan fingerprint density at radius 2 is 1.79 bits per heavy atom. The normalized spacial score (nSPS) is 15.8. The van der Waals surface area contributed by atoms with Crippen LogP contribution >= 0.6 is 22.9 Å². The number of carbonyl (C=O) groups excluding carboxylic acids is 1. The van der Waals surface area contributed by atoms with E-state index in [1.54, 1.807) is 24.3 Å². The van der Waals surface area contributed by atoms with Crippen LogP contribution < -0.4 is 5.32 Å². The molecular formula is C20H12ClF2NO3S. The zero-order valence-electron chi connectivity index (χ0n) is 14.1. The Bertz CT molecular complexity index is 1090. The monoisotopic (exact) mass is 419 g/mol. The van der Waals surface area contributed by atoms with Crippen molar-refractivity contribution in [2.45, 2.75) is 12.3 Å². The minimum atomic E-state index is -1.19. The molecule has 0 aliphatic carbocycles. The van der Waals surface area contributed by atoms with Gasteiger partial charge in [-0.15, -0.1) is 11.3 Å². The summed E-state index contributed by atoms with van der Waals surface area (Å²) in [6.45, 7) is 0. The molecular weight excluding hydrogens is 408 g/mol. The van der Waals surface area contributed by atoms with E-state index in [4.69, 9.17) is 11.6 Å². The summed E-state index contributed by atoms with van der Waals surface area (Å²) in [5, 5.41) is 12.8. The van der Waals surface area contributed by atoms with Gasteiger partial charge in [0.1, 0.15) is 16.5 Å². The zero-order chi connectivity index (χ0) is 20.0. The molecule has 0 spiro atoms. The number of nitrogens with one attached hydrogen (secondary N) is 1. The molecule has 1 aliphatic rings. The van der Waals surface area contributed by atoms with Gasteiger partial charge in [-0.25, -0.2) is 13.6 Å². The van der Waals surface area contributed by atoms with E-state index in [1.807, 2.05) is 0 Å². The number of anilines is 1. The molecule has 0 radical (unpaired) electrons. The molecule has 2 heterocycles. The first-order valence-electron chi connectivity index (χ1n) is 8.26. The van der Waals surface area contributed by atoms with Crippen molar-refractivity contribution >= 4 is 40.5 Å². The first kappa shape index (κ1) is 18.6. The van der Waals surface area contributed by atoms with Crippen molar-refractivity contribution in [1.82, 2.24) is 0 Å². The number of carboxylic acid groups (broad SMARTS) is 1. The quantitative estimate of drug-likeness (QED) is 0.587. The summed E-state index contributed by atoms with van der Waals surface area (Å²) in [5.41, 5.74) is 0.876. The minimum Gasteiger partial charge on any atom is -0.477 e. The highest BCUT2D eigenvalue weighted by Crippen LogP contribution is 2.50. The molecule has 0 saturated heterocycles. The highest BCUT2D eigenvalue weighted by Gasteiger charge is 2.36. The average molecular weight is 420 g/mol. The number of rotatable bonds is 3. The van der Waals surface area contributed by atoms with E-state index in [1.165, 1.54) is 6.07 Å². The summed E-state index contributed by atoms with van der Waals surface area (Å²) < 4.78 is 28.8. The minimum absolute atomic E-state index is 0.0173. The standard InChI is InChI=1S/C20H12ClF2NO3S/c21-10-6-4-9(5-7-10)15-17-18(28-19(15)20(26)27)11(8-14(25)24-17)16-12(22)2-1-3-13(16)23/h1-7,11H,8H2,(H,24,25)(H,26,27)/t11-/m0/s1. The zero-order valence-corrected chi connectivity index (χ0v) is 15.7. The molecule has 0 bridgehead atoms. The fraction of sp³-hybridized carbons (Fsp3) is 0.100. The summed E-state index contributed by atoms with van der Waals surface area (Å²) in [7, 11) is 0. The van der Waals surface area contributed by atoms with Crippen molar-refractivity contribution in [3.8, 4) is 11.1 Å². The highest BCUT2D eigenvalue weighted by atomic mass is 35.5. The van der Waals surface area contributed by atoms with Gasteiger partial charge in [0.15, 0.2) is 0 Å². The van der Waals surface area contributed by atoms with Crippen LogP contribution in [0.4, 0.5) is 14.5 Å². The van der Waals surface area contributed by atoms with Crippen molar-refractivity contribution in [2.75, 3.05) is 5.32 Å². The summed E-state index contributed by atoms with van der Waals surface area (Å²) in [4.78, 5) is 24.6. The third-order valence-corrected chi connectivity index (χ3v) is 6.12. The van der Waals surface area contributed by atoms with E-state index in [-0.39, 0.29) is 22.5 Å². The van der Waals surface area contributed by atoms with E-state index in [2.05, 4.69) is 5.32 Å². The number of benzene rings is 2. The lowest BCUT2D eigenvalue weighted by Gasteiger charge is -2.24. The molecule has 1 aromatic heterocycles. The molecule has 2 aromatic carbocycles. The van der Waals surface area contributed by atoms with Crippen molar-refractivity contribution < 1.29 is 23.5 Å². The number of halogens is 3. The summed E-state index contributed by atoms with van der Waals surface area (Å²) in [6.07, 6.45) is -0.176. The number of carbonyl (C=O) groups is 2. The number of fused-ring (bicyclic) bond motifs is 1. The van der Waals surface area contributed by atoms with Gasteiger partial charge in [0.25, 0.3) is 0 Å². The van der Waals surface area contributed by atoms with Gasteiger partial charge >= 0.3 is 5.97 Å². The maximum Gasteiger partial charge on any atom is 0.346 e. The van der Waals surface area contributed by atoms with Crippen LogP contribution in [0.15, 0.2) is 42.5 Å². The maximum atomic E-state index is 14.4. The second-order valence-corrected chi connectivity index (χ2v) is 7.79. The Morgan fingerprint density at radius 3 is 2.39 bits per heavy atom. The van der Waals surface area contributed by atoms with Crippen LogP contribution in [0.3, 0.4) is 0 Å². The van der Waals surface area contributed by atoms with Gasteiger partial charge < -0.3 is 10.4 Å². The summed E-state index contributed by atoms with van der Waals surface area (Å²) in [5.74, 6) is -4.08. The number of thiophene rings is 1. The van der Waals surface area contributed by atoms with Crippen molar-refractivity contribution in [1.29, 1.82) is 0 Å². The average Bonchev–Trinajstić information content (AvgIpc) is 3.02. The molecule has 8 heteroatoms. The first-order valence-corrected chi connectivity index (χ1v) is 9.46. The molecule has 4 nitrogen and oxygen atoms in total. The number of amides is 1. The van der Waals surface area contributed by atoms with E-state index >= 15 is 0 Å². The van der Waals surface area contributed by atoms with Crippen molar-refractivity contribution in [3.63, 3.8) is 0 Å². The van der Waals surface area contributed by atoms with E-state index in [9.17, 15) is 23.5 Å². The van der Waals surface area contributed by atoms with Crippen LogP contribution in [-0.4, -0.2) is 17.0 Å². The van der Waals surface area contributed by atoms with Crippen LogP contribution in [-0.2, 0) is 4.79 Å². The second-order valence-electron chi connectivity index (χ2n) is 6.30. The lowest BCUT2D eigenvalue weighted by molar-refractivity contribution is -0.116. The number of aromatic carboxylic acids is 1. The third kappa shape index (κ3) is 3.06. The van der Waals surface area contributed by atoms with E-state index < -0.39 is 29.4 Å². The molecule has 142 valence electrons. The van der Waals surface area contributed by atoms with Gasteiger partial charge in [0.2, 0.25) is 5.91 Å². The van der Waals surface area contributed by atoms with Gasteiger partial charge in [-0.1, -0.05) is 29.8 Å². The van der Waals surface area contributed by atoms with Crippen LogP contribution in [0.1, 0.15) is 32.5 Å². The first-order chi connectivity index (χ1) is 13.4. The van der Waals surface area contributed by atoms with Crippen LogP contribution in [0.5, 0.6) is 0 Å². The lowest BCUT2D eigenvalue weighted by Crippen LogP contribution is -2.23. The molecule has 0 saturated carbocycles. The number of hydrogen-bond acceptors (Lipinski definition) is 3. The maximum absolute atomic E-state index is 14.4. The van der Waals surface area contributed by atoms with E-state index in [0.717, 1.165) is 23.5 Å². The second kappa shape index (κ2) is 7.00. The van der Waals surface area contributed by atoms with Crippen molar-refractivity contribution in [3.05, 3.63) is 74.4 Å². The van der Waals surface area contributed by atoms with Gasteiger partial charge in [-0.05, 0) is 29.8 Å². The van der Waals surface area contributed by atoms with Crippen molar-refractivity contribution in [2.24, 2.45) is 0 Å². The molecule has 3 aromatic rings. The SMILES string of the molecule is O=C1C[C@@H](c2c(F)cccc2F)c2sc(C(=O)O)c(-c3ccc(Cl)cc3)c2N1. The molecule has 4 rings (SSSR count). The molecule has 28 heavy (non-hydrogen) atoms. The largest absolute Gasteiger partial charge is 0.477 e. The van der Waals surface area contributed by atoms with Crippen LogP contribution in [0.2, 0.25) is 5.02 Å². The Hall–Kier alpha value is -2.77. The summed E-state index contributed by atoms with van der Waals surface area (Å²) in [6, 6.07) is 9.96. The predicted octanol–water partition coefficient (Wildman–Crippen LogP) is 5.52. The van der Waals surface area contributed by atoms with Gasteiger partial charge in [0.05, 0.1) is 5.69 Å². The molecule has 1 aliphatic heterocycles. The fourth-order valence-corrected chi connectivity index (χ4v) is 4.76. The molecule has 1 amide bonds. The molecule has 1 atom stereocenters. The number of hydrogen-bond donors (Lipinski definition) is 2. The Labute approximate surface area is 167 Å². The molecule has 0 fully saturated rings. The third-order valence-electron chi connectivity index (χ3n) is 4.58. The van der Waals surface area contributed by atoms with Crippen LogP contribution in [0, 0.1) is 11.6 Å². The highest BCUT2D eigenvalue weighted by molar-refractivity contribution is 7.15. The Kier molecular flexibility index (Phi) is 4.64. The molecule has 2 N–H and O–H groups in total. The lowest BCUT2D eigenvalue weighted by atomic mass is 9.88. The Balaban J connectivity index is 1.98. The molecule has 0 unspecified atom stereocenters. The van der Waals surface area contributed by atoms with Gasteiger partial charge in [-0.3, -0.25) is 4.79 Å².